The molecule has 3 aromatic rings. The fourth-order valence-corrected chi connectivity index (χ4v) is 2.90. The molecule has 2 aromatic heterocycles. The van der Waals surface area contributed by atoms with Crippen molar-refractivity contribution in [3.05, 3.63) is 42.1 Å². The lowest BCUT2D eigenvalue weighted by molar-refractivity contribution is 0.0952. The van der Waals surface area contributed by atoms with Gasteiger partial charge in [0.05, 0.1) is 18.1 Å². The first-order valence-electron chi connectivity index (χ1n) is 8.57. The average molecular weight is 370 g/mol. The third kappa shape index (κ3) is 4.13. The quantitative estimate of drug-likeness (QED) is 0.468. The van der Waals surface area contributed by atoms with Crippen molar-refractivity contribution in [2.75, 3.05) is 24.7 Å². The predicted molar refractivity (Wildman–Crippen MR) is 105 cm³/mol. The van der Waals surface area contributed by atoms with Gasteiger partial charge in [0.25, 0.3) is 5.91 Å². The third-order valence-corrected chi connectivity index (χ3v) is 4.39. The van der Waals surface area contributed by atoms with E-state index in [1.807, 2.05) is 24.5 Å². The molecule has 0 saturated carbocycles. The van der Waals surface area contributed by atoms with Gasteiger partial charge in [-0.15, -0.1) is 0 Å². The highest BCUT2D eigenvalue weighted by Gasteiger charge is 2.13. The molecule has 0 aliphatic heterocycles. The Labute approximate surface area is 156 Å². The molecule has 7 nitrogen and oxygen atoms in total. The smallest absolute Gasteiger partial charge is 0.251 e. The Bertz CT molecular complexity index is 880. The molecule has 2 N–H and O–H groups in total. The van der Waals surface area contributed by atoms with Crippen molar-refractivity contribution in [1.29, 1.82) is 0 Å². The summed E-state index contributed by atoms with van der Waals surface area (Å²) < 4.78 is 1.80. The van der Waals surface area contributed by atoms with Gasteiger partial charge in [-0.1, -0.05) is 36.9 Å². The Hall–Kier alpha value is -2.61. The van der Waals surface area contributed by atoms with E-state index in [1.54, 1.807) is 23.0 Å². The summed E-state index contributed by atoms with van der Waals surface area (Å²) >= 11 is 1.50. The summed E-state index contributed by atoms with van der Waals surface area (Å²) in [4.78, 5) is 21.2. The molecule has 1 amide bonds. The van der Waals surface area contributed by atoms with Gasteiger partial charge in [0.2, 0.25) is 0 Å². The maximum absolute atomic E-state index is 12.1. The molecule has 0 aliphatic carbocycles. The second-order valence-corrected chi connectivity index (χ2v) is 6.49. The summed E-state index contributed by atoms with van der Waals surface area (Å²) in [7, 11) is 0. The summed E-state index contributed by atoms with van der Waals surface area (Å²) in [5, 5.41) is 12.3. The summed E-state index contributed by atoms with van der Waals surface area (Å²) in [6, 6.07) is 9.17. The number of anilines is 1. The standard InChI is InChI=1S/C18H22N6OS/c1-3-9-19-15-14-12-21-24(16(14)23-18(22-15)26-2)11-10-20-17(25)13-7-5-4-6-8-13/h4-8,12H,3,9-11H2,1-2H3,(H,20,25)(H,19,22,23). The minimum Gasteiger partial charge on any atom is -0.369 e. The molecule has 1 aromatic carbocycles. The topological polar surface area (TPSA) is 84.7 Å². The zero-order valence-corrected chi connectivity index (χ0v) is 15.7. The van der Waals surface area contributed by atoms with Crippen molar-refractivity contribution >= 4 is 34.5 Å². The molecule has 136 valence electrons. The van der Waals surface area contributed by atoms with Crippen molar-refractivity contribution in [2.24, 2.45) is 0 Å². The first-order valence-corrected chi connectivity index (χ1v) is 9.80. The average Bonchev–Trinajstić information content (AvgIpc) is 3.09. The lowest BCUT2D eigenvalue weighted by Gasteiger charge is -2.09. The molecule has 0 unspecified atom stereocenters. The van der Waals surface area contributed by atoms with Gasteiger partial charge in [0.1, 0.15) is 5.82 Å². The van der Waals surface area contributed by atoms with Crippen LogP contribution in [0.5, 0.6) is 0 Å². The second-order valence-electron chi connectivity index (χ2n) is 5.71. The van der Waals surface area contributed by atoms with E-state index >= 15 is 0 Å². The number of carbonyl (C=O) groups excluding carboxylic acids is 1. The van der Waals surface area contributed by atoms with Crippen molar-refractivity contribution < 1.29 is 4.79 Å². The molecule has 0 spiro atoms. The van der Waals surface area contributed by atoms with Gasteiger partial charge in [-0.25, -0.2) is 14.6 Å². The number of rotatable bonds is 8. The SMILES string of the molecule is CCCNc1nc(SC)nc2c1cnn2CCNC(=O)c1ccccc1. The molecule has 0 fully saturated rings. The number of thioether (sulfide) groups is 1. The number of fused-ring (bicyclic) bond motifs is 1. The molecular weight excluding hydrogens is 348 g/mol. The number of carbonyl (C=O) groups is 1. The summed E-state index contributed by atoms with van der Waals surface area (Å²) in [5.41, 5.74) is 1.42. The monoisotopic (exact) mass is 370 g/mol. The predicted octanol–water partition coefficient (Wildman–Crippen LogP) is 2.80. The van der Waals surface area contributed by atoms with E-state index in [-0.39, 0.29) is 5.91 Å². The zero-order chi connectivity index (χ0) is 18.4. The number of amides is 1. The van der Waals surface area contributed by atoms with Crippen LogP contribution >= 0.6 is 11.8 Å². The van der Waals surface area contributed by atoms with Crippen LogP contribution in [0.15, 0.2) is 41.7 Å². The fourth-order valence-electron chi connectivity index (χ4n) is 2.54. The van der Waals surface area contributed by atoms with Crippen LogP contribution in [0, 0.1) is 0 Å². The normalized spacial score (nSPS) is 10.8. The van der Waals surface area contributed by atoms with E-state index in [9.17, 15) is 4.79 Å². The number of hydrogen-bond donors (Lipinski definition) is 2. The number of hydrogen-bond acceptors (Lipinski definition) is 6. The van der Waals surface area contributed by atoms with Gasteiger partial charge in [0, 0.05) is 18.7 Å². The van der Waals surface area contributed by atoms with Crippen LogP contribution in [0.1, 0.15) is 23.7 Å². The van der Waals surface area contributed by atoms with E-state index in [0.717, 1.165) is 29.8 Å². The van der Waals surface area contributed by atoms with E-state index in [2.05, 4.69) is 32.6 Å². The van der Waals surface area contributed by atoms with Crippen LogP contribution in [0.25, 0.3) is 11.0 Å². The molecule has 0 radical (unpaired) electrons. The Morgan fingerprint density at radius 3 is 2.73 bits per heavy atom. The van der Waals surface area contributed by atoms with Crippen LogP contribution in [0.2, 0.25) is 0 Å². The van der Waals surface area contributed by atoms with Crippen LogP contribution in [0.4, 0.5) is 5.82 Å². The lowest BCUT2D eigenvalue weighted by Crippen LogP contribution is -2.27. The number of nitrogens with one attached hydrogen (secondary N) is 2. The van der Waals surface area contributed by atoms with Crippen molar-refractivity contribution in [3.8, 4) is 0 Å². The first-order chi connectivity index (χ1) is 12.7. The Morgan fingerprint density at radius 2 is 2.00 bits per heavy atom. The number of benzene rings is 1. The Balaban J connectivity index is 1.73. The fraction of sp³-hybridized carbons (Fsp3) is 0.333. The van der Waals surface area contributed by atoms with Crippen LogP contribution in [-0.2, 0) is 6.54 Å². The highest BCUT2D eigenvalue weighted by atomic mass is 32.2. The van der Waals surface area contributed by atoms with Gasteiger partial charge in [0.15, 0.2) is 10.8 Å². The van der Waals surface area contributed by atoms with E-state index < -0.39 is 0 Å². The third-order valence-electron chi connectivity index (χ3n) is 3.85. The molecular formula is C18H22N6OS. The first kappa shape index (κ1) is 18.2. The highest BCUT2D eigenvalue weighted by molar-refractivity contribution is 7.98. The zero-order valence-electron chi connectivity index (χ0n) is 14.9. The molecule has 8 heteroatoms. The Kier molecular flexibility index (Phi) is 6.06. The molecule has 2 heterocycles. The van der Waals surface area contributed by atoms with E-state index in [1.165, 1.54) is 11.8 Å². The van der Waals surface area contributed by atoms with Gasteiger partial charge < -0.3 is 10.6 Å². The molecule has 26 heavy (non-hydrogen) atoms. The van der Waals surface area contributed by atoms with Gasteiger partial charge in [-0.05, 0) is 24.8 Å². The number of aromatic nitrogens is 4. The van der Waals surface area contributed by atoms with Crippen molar-refractivity contribution in [2.45, 2.75) is 25.0 Å². The van der Waals surface area contributed by atoms with Crippen molar-refractivity contribution in [1.82, 2.24) is 25.1 Å². The summed E-state index contributed by atoms with van der Waals surface area (Å²) in [6.07, 6.45) is 4.74. The minimum atomic E-state index is -0.0909. The molecule has 0 atom stereocenters. The molecule has 0 bridgehead atoms. The van der Waals surface area contributed by atoms with E-state index in [4.69, 9.17) is 0 Å². The minimum absolute atomic E-state index is 0.0909. The maximum Gasteiger partial charge on any atom is 0.251 e. The van der Waals surface area contributed by atoms with E-state index in [0.29, 0.717) is 23.8 Å². The van der Waals surface area contributed by atoms with Gasteiger partial charge in [-0.2, -0.15) is 5.10 Å². The molecule has 0 saturated heterocycles. The second kappa shape index (κ2) is 8.66. The largest absolute Gasteiger partial charge is 0.369 e. The van der Waals surface area contributed by atoms with Crippen LogP contribution < -0.4 is 10.6 Å². The van der Waals surface area contributed by atoms with Gasteiger partial charge >= 0.3 is 0 Å². The lowest BCUT2D eigenvalue weighted by atomic mass is 10.2. The molecule has 3 rings (SSSR count). The van der Waals surface area contributed by atoms with Crippen molar-refractivity contribution in [3.63, 3.8) is 0 Å². The summed E-state index contributed by atoms with van der Waals surface area (Å²) in [6.45, 7) is 3.97. The van der Waals surface area contributed by atoms with Crippen LogP contribution in [-0.4, -0.2) is 45.0 Å². The Morgan fingerprint density at radius 1 is 1.19 bits per heavy atom. The maximum atomic E-state index is 12.1. The van der Waals surface area contributed by atoms with Gasteiger partial charge in [-0.3, -0.25) is 4.79 Å². The van der Waals surface area contributed by atoms with Crippen LogP contribution in [0.3, 0.4) is 0 Å². The highest BCUT2D eigenvalue weighted by Crippen LogP contribution is 2.23. The summed E-state index contributed by atoms with van der Waals surface area (Å²) in [5.74, 6) is 0.715. The molecule has 0 aliphatic rings. The number of nitrogens with zero attached hydrogens (tertiary/aromatic N) is 4.